The number of fused-ring (bicyclic) bond motifs is 1. The molecule has 0 spiro atoms. The second-order valence-corrected chi connectivity index (χ2v) is 7.32. The van der Waals surface area contributed by atoms with Gasteiger partial charge in [0, 0.05) is 25.2 Å². The van der Waals surface area contributed by atoms with Crippen LogP contribution in [0.1, 0.15) is 51.5 Å². The Bertz CT molecular complexity index is 486. The molecule has 0 radical (unpaired) electrons. The van der Waals surface area contributed by atoms with E-state index in [9.17, 15) is 0 Å². The first-order valence-corrected chi connectivity index (χ1v) is 8.81. The first-order chi connectivity index (χ1) is 10.1. The fraction of sp³-hybridized carbons (Fsp3) is 0.667. The van der Waals surface area contributed by atoms with Crippen molar-refractivity contribution >= 4 is 17.3 Å². The molecule has 3 heteroatoms. The highest BCUT2D eigenvalue weighted by molar-refractivity contribution is 6.33. The third-order valence-electron chi connectivity index (χ3n) is 5.05. The minimum Gasteiger partial charge on any atom is -0.367 e. The number of benzene rings is 1. The van der Waals surface area contributed by atoms with E-state index < -0.39 is 0 Å². The zero-order chi connectivity index (χ0) is 14.8. The highest BCUT2D eigenvalue weighted by Gasteiger charge is 2.36. The van der Waals surface area contributed by atoms with Crippen molar-refractivity contribution in [2.45, 2.75) is 64.6 Å². The fourth-order valence-electron chi connectivity index (χ4n) is 3.92. The minimum atomic E-state index is 0.505. The van der Waals surface area contributed by atoms with Crippen LogP contribution in [0.4, 0.5) is 5.69 Å². The summed E-state index contributed by atoms with van der Waals surface area (Å²) in [5.74, 6) is 0.900. The highest BCUT2D eigenvalue weighted by Crippen LogP contribution is 2.41. The van der Waals surface area contributed by atoms with E-state index in [2.05, 4.69) is 42.3 Å². The third kappa shape index (κ3) is 3.37. The van der Waals surface area contributed by atoms with Gasteiger partial charge in [0.15, 0.2) is 0 Å². The summed E-state index contributed by atoms with van der Waals surface area (Å²) in [6, 6.07) is 7.84. The molecule has 1 heterocycles. The highest BCUT2D eigenvalue weighted by atomic mass is 35.5. The van der Waals surface area contributed by atoms with Gasteiger partial charge in [-0.2, -0.15) is 0 Å². The Kier molecular flexibility index (Phi) is 4.75. The predicted octanol–water partition coefficient (Wildman–Crippen LogP) is 4.61. The largest absolute Gasteiger partial charge is 0.367 e. The SMILES string of the molecule is CC(C)NCc1ccc(N2CCC3CCCCC32)c(Cl)c1. The van der Waals surface area contributed by atoms with Gasteiger partial charge in [-0.1, -0.05) is 44.4 Å². The van der Waals surface area contributed by atoms with Crippen LogP contribution >= 0.6 is 11.6 Å². The van der Waals surface area contributed by atoms with E-state index in [4.69, 9.17) is 11.6 Å². The van der Waals surface area contributed by atoms with Crippen LogP contribution in [0.2, 0.25) is 5.02 Å². The van der Waals surface area contributed by atoms with Gasteiger partial charge < -0.3 is 10.2 Å². The summed E-state index contributed by atoms with van der Waals surface area (Å²) < 4.78 is 0. The minimum absolute atomic E-state index is 0.505. The van der Waals surface area contributed by atoms with E-state index in [-0.39, 0.29) is 0 Å². The third-order valence-corrected chi connectivity index (χ3v) is 5.35. The Morgan fingerprint density at radius 2 is 2.05 bits per heavy atom. The van der Waals surface area contributed by atoms with Gasteiger partial charge in [0.25, 0.3) is 0 Å². The van der Waals surface area contributed by atoms with E-state index >= 15 is 0 Å². The lowest BCUT2D eigenvalue weighted by molar-refractivity contribution is 0.342. The van der Waals surface area contributed by atoms with Crippen molar-refractivity contribution in [1.29, 1.82) is 0 Å². The lowest BCUT2D eigenvalue weighted by Crippen LogP contribution is -2.34. The first kappa shape index (κ1) is 15.2. The standard InChI is InChI=1S/C18H27ClN2/c1-13(2)20-12-14-7-8-18(16(19)11-14)21-10-9-15-5-3-4-6-17(15)21/h7-8,11,13,15,17,20H,3-6,9-10,12H2,1-2H3. The first-order valence-electron chi connectivity index (χ1n) is 8.43. The molecule has 1 aromatic carbocycles. The maximum atomic E-state index is 6.59. The molecule has 0 aromatic heterocycles. The molecule has 1 aliphatic heterocycles. The van der Waals surface area contributed by atoms with Crippen LogP contribution in [0.25, 0.3) is 0 Å². The maximum Gasteiger partial charge on any atom is 0.0642 e. The van der Waals surface area contributed by atoms with Crippen LogP contribution in [0.3, 0.4) is 0 Å². The van der Waals surface area contributed by atoms with Gasteiger partial charge in [-0.05, 0) is 42.9 Å². The lowest BCUT2D eigenvalue weighted by Gasteiger charge is -2.33. The van der Waals surface area contributed by atoms with Crippen molar-refractivity contribution in [3.63, 3.8) is 0 Å². The van der Waals surface area contributed by atoms with Crippen molar-refractivity contribution in [1.82, 2.24) is 5.32 Å². The van der Waals surface area contributed by atoms with E-state index in [1.54, 1.807) is 0 Å². The van der Waals surface area contributed by atoms with Gasteiger partial charge in [-0.15, -0.1) is 0 Å². The molecule has 1 N–H and O–H groups in total. The van der Waals surface area contributed by atoms with E-state index in [1.807, 2.05) is 0 Å². The van der Waals surface area contributed by atoms with Crippen molar-refractivity contribution in [3.05, 3.63) is 28.8 Å². The molecule has 1 aromatic rings. The average Bonchev–Trinajstić information content (AvgIpc) is 2.89. The summed E-state index contributed by atoms with van der Waals surface area (Å²) in [5, 5.41) is 4.37. The smallest absolute Gasteiger partial charge is 0.0642 e. The van der Waals surface area contributed by atoms with Crippen molar-refractivity contribution in [2.75, 3.05) is 11.4 Å². The molecule has 0 bridgehead atoms. The van der Waals surface area contributed by atoms with Gasteiger partial charge in [-0.25, -0.2) is 0 Å². The zero-order valence-electron chi connectivity index (χ0n) is 13.2. The molecule has 3 rings (SSSR count). The van der Waals surface area contributed by atoms with Crippen LogP contribution in [-0.2, 0) is 6.54 Å². The number of nitrogens with one attached hydrogen (secondary N) is 1. The zero-order valence-corrected chi connectivity index (χ0v) is 14.0. The Hall–Kier alpha value is -0.730. The summed E-state index contributed by atoms with van der Waals surface area (Å²) >= 11 is 6.59. The van der Waals surface area contributed by atoms with E-state index in [0.717, 1.165) is 23.5 Å². The number of rotatable bonds is 4. The summed E-state index contributed by atoms with van der Waals surface area (Å²) in [6.07, 6.45) is 6.90. The van der Waals surface area contributed by atoms with E-state index in [1.165, 1.54) is 49.9 Å². The topological polar surface area (TPSA) is 15.3 Å². The number of nitrogens with zero attached hydrogens (tertiary/aromatic N) is 1. The predicted molar refractivity (Wildman–Crippen MR) is 91.1 cm³/mol. The Morgan fingerprint density at radius 1 is 1.24 bits per heavy atom. The molecule has 0 amide bonds. The molecule has 2 unspecified atom stereocenters. The molecule has 1 saturated heterocycles. The number of hydrogen-bond acceptors (Lipinski definition) is 2. The van der Waals surface area contributed by atoms with Gasteiger partial charge >= 0.3 is 0 Å². The molecule has 1 saturated carbocycles. The van der Waals surface area contributed by atoms with Crippen LogP contribution in [-0.4, -0.2) is 18.6 Å². The van der Waals surface area contributed by atoms with Gasteiger partial charge in [-0.3, -0.25) is 0 Å². The molecular formula is C18H27ClN2. The second kappa shape index (κ2) is 6.58. The van der Waals surface area contributed by atoms with Crippen LogP contribution < -0.4 is 10.2 Å². The van der Waals surface area contributed by atoms with Crippen molar-refractivity contribution in [2.24, 2.45) is 5.92 Å². The quantitative estimate of drug-likeness (QED) is 0.874. The molecule has 2 aliphatic rings. The van der Waals surface area contributed by atoms with Gasteiger partial charge in [0.1, 0.15) is 0 Å². The number of anilines is 1. The molecule has 2 fully saturated rings. The fourth-order valence-corrected chi connectivity index (χ4v) is 4.23. The molecule has 2 atom stereocenters. The maximum absolute atomic E-state index is 6.59. The Labute approximate surface area is 133 Å². The molecule has 21 heavy (non-hydrogen) atoms. The Morgan fingerprint density at radius 3 is 2.81 bits per heavy atom. The molecule has 2 nitrogen and oxygen atoms in total. The van der Waals surface area contributed by atoms with Crippen molar-refractivity contribution in [3.8, 4) is 0 Å². The van der Waals surface area contributed by atoms with Crippen molar-refractivity contribution < 1.29 is 0 Å². The van der Waals surface area contributed by atoms with Crippen LogP contribution in [0.15, 0.2) is 18.2 Å². The summed E-state index contributed by atoms with van der Waals surface area (Å²) in [4.78, 5) is 2.58. The summed E-state index contributed by atoms with van der Waals surface area (Å²) in [7, 11) is 0. The van der Waals surface area contributed by atoms with Crippen LogP contribution in [0.5, 0.6) is 0 Å². The molecule has 116 valence electrons. The normalized spacial score (nSPS) is 25.4. The monoisotopic (exact) mass is 306 g/mol. The molecular weight excluding hydrogens is 280 g/mol. The van der Waals surface area contributed by atoms with E-state index in [0.29, 0.717) is 6.04 Å². The van der Waals surface area contributed by atoms with Gasteiger partial charge in [0.2, 0.25) is 0 Å². The number of hydrogen-bond donors (Lipinski definition) is 1. The number of halogens is 1. The second-order valence-electron chi connectivity index (χ2n) is 6.92. The molecule has 1 aliphatic carbocycles. The summed E-state index contributed by atoms with van der Waals surface area (Å²) in [5.41, 5.74) is 2.52. The summed E-state index contributed by atoms with van der Waals surface area (Å²) in [6.45, 7) is 6.41. The Balaban J connectivity index is 1.73. The lowest BCUT2D eigenvalue weighted by atomic mass is 9.85. The van der Waals surface area contributed by atoms with Crippen LogP contribution in [0, 0.1) is 5.92 Å². The van der Waals surface area contributed by atoms with Gasteiger partial charge in [0.05, 0.1) is 10.7 Å². The average molecular weight is 307 g/mol.